The van der Waals surface area contributed by atoms with Crippen molar-refractivity contribution < 1.29 is 9.50 Å². The standard InChI is InChI=1S/C12H14FNO/c1-9(15)2-3-11(8-14)10-4-6-12(13)7-5-10/h4-7,9,11,15H,2-3H2,1H3. The number of benzene rings is 1. The minimum absolute atomic E-state index is 0.264. The maximum absolute atomic E-state index is 12.6. The lowest BCUT2D eigenvalue weighted by atomic mass is 9.94. The molecule has 0 radical (unpaired) electrons. The highest BCUT2D eigenvalue weighted by Crippen LogP contribution is 2.21. The molecule has 0 amide bonds. The molecule has 1 N–H and O–H groups in total. The number of hydrogen-bond donors (Lipinski definition) is 1. The van der Waals surface area contributed by atoms with E-state index in [-0.39, 0.29) is 11.7 Å². The number of aliphatic hydroxyl groups is 1. The number of hydrogen-bond acceptors (Lipinski definition) is 2. The van der Waals surface area contributed by atoms with Crippen LogP contribution in [-0.2, 0) is 0 Å². The normalized spacial score (nSPS) is 14.3. The molecule has 0 spiro atoms. The summed E-state index contributed by atoms with van der Waals surface area (Å²) in [6.07, 6.45) is 0.774. The smallest absolute Gasteiger partial charge is 0.123 e. The summed E-state index contributed by atoms with van der Waals surface area (Å²) in [7, 11) is 0. The first-order chi connectivity index (χ1) is 7.13. The Kier molecular flexibility index (Phi) is 4.26. The molecule has 15 heavy (non-hydrogen) atoms. The van der Waals surface area contributed by atoms with Crippen LogP contribution >= 0.6 is 0 Å². The van der Waals surface area contributed by atoms with Gasteiger partial charge in [0.05, 0.1) is 18.1 Å². The molecule has 1 aromatic rings. The summed E-state index contributed by atoms with van der Waals surface area (Å²) in [4.78, 5) is 0. The van der Waals surface area contributed by atoms with Gasteiger partial charge in [-0.1, -0.05) is 12.1 Å². The van der Waals surface area contributed by atoms with Crippen molar-refractivity contribution in [2.75, 3.05) is 0 Å². The zero-order valence-corrected chi connectivity index (χ0v) is 8.65. The molecule has 2 atom stereocenters. The van der Waals surface area contributed by atoms with Crippen LogP contribution in [0.15, 0.2) is 24.3 Å². The van der Waals surface area contributed by atoms with E-state index < -0.39 is 6.10 Å². The average molecular weight is 207 g/mol. The van der Waals surface area contributed by atoms with Gasteiger partial charge in [0.25, 0.3) is 0 Å². The van der Waals surface area contributed by atoms with E-state index in [2.05, 4.69) is 6.07 Å². The summed E-state index contributed by atoms with van der Waals surface area (Å²) < 4.78 is 12.6. The van der Waals surface area contributed by atoms with Gasteiger partial charge in [-0.25, -0.2) is 4.39 Å². The predicted molar refractivity (Wildman–Crippen MR) is 55.7 cm³/mol. The number of nitriles is 1. The zero-order valence-electron chi connectivity index (χ0n) is 8.65. The van der Waals surface area contributed by atoms with Crippen molar-refractivity contribution in [2.45, 2.75) is 31.8 Å². The number of rotatable bonds is 4. The first-order valence-corrected chi connectivity index (χ1v) is 4.96. The lowest BCUT2D eigenvalue weighted by Crippen LogP contribution is -2.04. The first kappa shape index (κ1) is 11.7. The van der Waals surface area contributed by atoms with Crippen molar-refractivity contribution in [3.63, 3.8) is 0 Å². The summed E-state index contributed by atoms with van der Waals surface area (Å²) in [5, 5.41) is 18.1. The molecular weight excluding hydrogens is 193 g/mol. The molecule has 0 aliphatic rings. The van der Waals surface area contributed by atoms with Crippen LogP contribution in [0.3, 0.4) is 0 Å². The summed E-state index contributed by atoms with van der Waals surface area (Å²) in [6, 6.07) is 8.09. The second-order valence-electron chi connectivity index (χ2n) is 3.66. The molecule has 0 saturated carbocycles. The van der Waals surface area contributed by atoms with Crippen LogP contribution in [0.2, 0.25) is 0 Å². The van der Waals surface area contributed by atoms with Crippen molar-refractivity contribution >= 4 is 0 Å². The summed E-state index contributed by atoms with van der Waals surface area (Å²) in [6.45, 7) is 1.69. The third kappa shape index (κ3) is 3.69. The maximum atomic E-state index is 12.6. The van der Waals surface area contributed by atoms with Crippen LogP contribution in [0.1, 0.15) is 31.2 Å². The van der Waals surface area contributed by atoms with Gasteiger partial charge in [0.15, 0.2) is 0 Å². The van der Waals surface area contributed by atoms with E-state index in [1.165, 1.54) is 12.1 Å². The third-order valence-corrected chi connectivity index (χ3v) is 2.30. The van der Waals surface area contributed by atoms with Gasteiger partial charge in [0, 0.05) is 0 Å². The van der Waals surface area contributed by atoms with E-state index in [0.717, 1.165) is 5.56 Å². The highest BCUT2D eigenvalue weighted by atomic mass is 19.1. The molecule has 0 aromatic heterocycles. The van der Waals surface area contributed by atoms with Crippen molar-refractivity contribution in [1.82, 2.24) is 0 Å². The van der Waals surface area contributed by atoms with Gasteiger partial charge in [-0.15, -0.1) is 0 Å². The molecule has 2 nitrogen and oxygen atoms in total. The molecular formula is C12H14FNO. The Hall–Kier alpha value is -1.40. The Labute approximate surface area is 89.0 Å². The van der Waals surface area contributed by atoms with Crippen LogP contribution < -0.4 is 0 Å². The van der Waals surface area contributed by atoms with E-state index in [4.69, 9.17) is 10.4 Å². The SMILES string of the molecule is CC(O)CCC(C#N)c1ccc(F)cc1. The Balaban J connectivity index is 2.67. The minimum atomic E-state index is -0.402. The first-order valence-electron chi connectivity index (χ1n) is 4.96. The van der Waals surface area contributed by atoms with E-state index in [9.17, 15) is 4.39 Å². The molecule has 2 unspecified atom stereocenters. The molecule has 1 aromatic carbocycles. The lowest BCUT2D eigenvalue weighted by molar-refractivity contribution is 0.180. The van der Waals surface area contributed by atoms with E-state index in [1.54, 1.807) is 19.1 Å². The Morgan fingerprint density at radius 2 is 1.93 bits per heavy atom. The van der Waals surface area contributed by atoms with Crippen LogP contribution in [0, 0.1) is 17.1 Å². The topological polar surface area (TPSA) is 44.0 Å². The second kappa shape index (κ2) is 5.47. The van der Waals surface area contributed by atoms with Gasteiger partial charge in [-0.3, -0.25) is 0 Å². The molecule has 0 bridgehead atoms. The largest absolute Gasteiger partial charge is 0.393 e. The van der Waals surface area contributed by atoms with Gasteiger partial charge in [-0.2, -0.15) is 5.26 Å². The fourth-order valence-corrected chi connectivity index (χ4v) is 1.41. The van der Waals surface area contributed by atoms with E-state index in [1.807, 2.05) is 0 Å². The van der Waals surface area contributed by atoms with Crippen molar-refractivity contribution in [3.8, 4) is 6.07 Å². The van der Waals surface area contributed by atoms with Gasteiger partial charge in [-0.05, 0) is 37.5 Å². The number of halogens is 1. The Bertz CT molecular complexity index is 340. The number of nitrogens with zero attached hydrogens (tertiary/aromatic N) is 1. The molecule has 80 valence electrons. The van der Waals surface area contributed by atoms with Crippen LogP contribution in [-0.4, -0.2) is 11.2 Å². The van der Waals surface area contributed by atoms with Gasteiger partial charge < -0.3 is 5.11 Å². The fourth-order valence-electron chi connectivity index (χ4n) is 1.41. The van der Waals surface area contributed by atoms with Gasteiger partial charge in [0.2, 0.25) is 0 Å². The average Bonchev–Trinajstić information content (AvgIpc) is 2.21. The molecule has 3 heteroatoms. The summed E-state index contributed by atoms with van der Waals surface area (Å²) in [5.41, 5.74) is 0.805. The Morgan fingerprint density at radius 3 is 2.40 bits per heavy atom. The van der Waals surface area contributed by atoms with E-state index in [0.29, 0.717) is 12.8 Å². The molecule has 0 heterocycles. The third-order valence-electron chi connectivity index (χ3n) is 2.30. The maximum Gasteiger partial charge on any atom is 0.123 e. The number of aliphatic hydroxyl groups excluding tert-OH is 1. The highest BCUT2D eigenvalue weighted by molar-refractivity contribution is 5.25. The minimum Gasteiger partial charge on any atom is -0.393 e. The van der Waals surface area contributed by atoms with Crippen LogP contribution in [0.5, 0.6) is 0 Å². The highest BCUT2D eigenvalue weighted by Gasteiger charge is 2.11. The second-order valence-corrected chi connectivity index (χ2v) is 3.66. The quantitative estimate of drug-likeness (QED) is 0.824. The predicted octanol–water partition coefficient (Wildman–Crippen LogP) is 2.59. The van der Waals surface area contributed by atoms with Crippen molar-refractivity contribution in [3.05, 3.63) is 35.6 Å². The van der Waals surface area contributed by atoms with E-state index >= 15 is 0 Å². The van der Waals surface area contributed by atoms with Gasteiger partial charge >= 0.3 is 0 Å². The molecule has 0 saturated heterocycles. The molecule has 0 aliphatic heterocycles. The van der Waals surface area contributed by atoms with Crippen molar-refractivity contribution in [2.24, 2.45) is 0 Å². The lowest BCUT2D eigenvalue weighted by Gasteiger charge is -2.10. The monoisotopic (exact) mass is 207 g/mol. The molecule has 0 aliphatic carbocycles. The zero-order chi connectivity index (χ0) is 11.3. The van der Waals surface area contributed by atoms with Gasteiger partial charge in [0.1, 0.15) is 5.82 Å². The van der Waals surface area contributed by atoms with Crippen molar-refractivity contribution in [1.29, 1.82) is 5.26 Å². The Morgan fingerprint density at radius 1 is 1.33 bits per heavy atom. The summed E-state index contributed by atoms with van der Waals surface area (Å²) >= 11 is 0. The fraction of sp³-hybridized carbons (Fsp3) is 0.417. The van der Waals surface area contributed by atoms with Crippen LogP contribution in [0.25, 0.3) is 0 Å². The summed E-state index contributed by atoms with van der Waals surface area (Å²) in [5.74, 6) is -0.564. The van der Waals surface area contributed by atoms with Crippen LogP contribution in [0.4, 0.5) is 4.39 Å². The molecule has 0 fully saturated rings. The molecule has 1 rings (SSSR count).